The highest BCUT2D eigenvalue weighted by atomic mass is 35.5. The Morgan fingerprint density at radius 3 is 2.38 bits per heavy atom. The van der Waals surface area contributed by atoms with Crippen LogP contribution in [0.3, 0.4) is 0 Å². The lowest BCUT2D eigenvalue weighted by Gasteiger charge is -2.20. The van der Waals surface area contributed by atoms with Crippen LogP contribution in [0.15, 0.2) is 36.4 Å². The molecule has 0 amide bonds. The zero-order valence-electron chi connectivity index (χ0n) is 12.1. The van der Waals surface area contributed by atoms with Crippen molar-refractivity contribution in [3.63, 3.8) is 0 Å². The number of hydrogen-bond acceptors (Lipinski definition) is 1. The Morgan fingerprint density at radius 2 is 1.76 bits per heavy atom. The number of likely N-dealkylation sites (N-methyl/N-ethyl adjacent to an activating group) is 1. The molecule has 0 saturated heterocycles. The topological polar surface area (TPSA) is 12.0 Å². The first-order valence-corrected chi connectivity index (χ1v) is 7.32. The fraction of sp³-hybridized carbons (Fsp3) is 0.294. The fourth-order valence-electron chi connectivity index (χ4n) is 2.34. The van der Waals surface area contributed by atoms with Gasteiger partial charge >= 0.3 is 0 Å². The predicted molar refractivity (Wildman–Crippen MR) is 82.7 cm³/mol. The Bertz CT molecular complexity index is 611. The van der Waals surface area contributed by atoms with Gasteiger partial charge in [0.1, 0.15) is 11.6 Å². The molecule has 1 nitrogen and oxygen atoms in total. The minimum atomic E-state index is -0.516. The molecule has 112 valence electrons. The molecule has 2 rings (SSSR count). The van der Waals surface area contributed by atoms with E-state index in [0.29, 0.717) is 29.1 Å². The van der Waals surface area contributed by atoms with Crippen molar-refractivity contribution < 1.29 is 8.78 Å². The molecule has 0 fully saturated rings. The van der Waals surface area contributed by atoms with Gasteiger partial charge in [0.2, 0.25) is 0 Å². The molecule has 0 aliphatic carbocycles. The van der Waals surface area contributed by atoms with Gasteiger partial charge in [-0.2, -0.15) is 0 Å². The number of benzene rings is 2. The van der Waals surface area contributed by atoms with Gasteiger partial charge in [0, 0.05) is 22.7 Å². The normalized spacial score (nSPS) is 12.4. The standard InChI is InChI=1S/C17H18ClF2N/c1-3-21-17(9-12-4-6-13(18)7-5-12)14-8-11(2)15(19)10-16(14)20/h4-8,10,17,21H,3,9H2,1-2H3. The summed E-state index contributed by atoms with van der Waals surface area (Å²) in [7, 11) is 0. The van der Waals surface area contributed by atoms with Gasteiger partial charge in [-0.05, 0) is 49.2 Å². The molecule has 21 heavy (non-hydrogen) atoms. The van der Waals surface area contributed by atoms with Crippen molar-refractivity contribution in [3.8, 4) is 0 Å². The molecule has 0 bridgehead atoms. The number of nitrogens with one attached hydrogen (secondary N) is 1. The lowest BCUT2D eigenvalue weighted by atomic mass is 9.96. The molecule has 2 aromatic carbocycles. The molecule has 0 aromatic heterocycles. The third kappa shape index (κ3) is 4.02. The van der Waals surface area contributed by atoms with E-state index in [2.05, 4.69) is 5.32 Å². The van der Waals surface area contributed by atoms with E-state index in [1.165, 1.54) is 0 Å². The molecule has 0 radical (unpaired) electrons. The summed E-state index contributed by atoms with van der Waals surface area (Å²) in [6, 6.07) is 9.79. The van der Waals surface area contributed by atoms with E-state index in [-0.39, 0.29) is 6.04 Å². The Hall–Kier alpha value is -1.45. The second-order valence-electron chi connectivity index (χ2n) is 5.06. The van der Waals surface area contributed by atoms with Gasteiger partial charge < -0.3 is 5.32 Å². The van der Waals surface area contributed by atoms with Crippen molar-refractivity contribution in [2.24, 2.45) is 0 Å². The van der Waals surface area contributed by atoms with Crippen LogP contribution in [-0.2, 0) is 6.42 Å². The van der Waals surface area contributed by atoms with Gasteiger partial charge in [0.25, 0.3) is 0 Å². The highest BCUT2D eigenvalue weighted by Crippen LogP contribution is 2.24. The summed E-state index contributed by atoms with van der Waals surface area (Å²) >= 11 is 5.87. The van der Waals surface area contributed by atoms with Gasteiger partial charge in [0.05, 0.1) is 0 Å². The number of hydrogen-bond donors (Lipinski definition) is 1. The van der Waals surface area contributed by atoms with E-state index in [1.807, 2.05) is 31.2 Å². The third-order valence-corrected chi connectivity index (χ3v) is 3.71. The average molecular weight is 310 g/mol. The largest absolute Gasteiger partial charge is 0.310 e. The van der Waals surface area contributed by atoms with Gasteiger partial charge in [0.15, 0.2) is 0 Å². The minimum Gasteiger partial charge on any atom is -0.310 e. The van der Waals surface area contributed by atoms with Gasteiger partial charge in [-0.15, -0.1) is 0 Å². The maximum absolute atomic E-state index is 14.1. The van der Waals surface area contributed by atoms with E-state index in [1.54, 1.807) is 13.0 Å². The molecule has 0 saturated carbocycles. The summed E-state index contributed by atoms with van der Waals surface area (Å²) in [5.41, 5.74) is 1.99. The van der Waals surface area contributed by atoms with Crippen LogP contribution in [0.5, 0.6) is 0 Å². The SMILES string of the molecule is CCNC(Cc1ccc(Cl)cc1)c1cc(C)c(F)cc1F. The van der Waals surface area contributed by atoms with Crippen molar-refractivity contribution in [1.29, 1.82) is 0 Å². The van der Waals surface area contributed by atoms with Gasteiger partial charge in [-0.25, -0.2) is 8.78 Å². The first kappa shape index (κ1) is 15.9. The third-order valence-electron chi connectivity index (χ3n) is 3.46. The first-order valence-electron chi connectivity index (χ1n) is 6.94. The molecule has 1 N–H and O–H groups in total. The molecule has 1 unspecified atom stereocenters. The number of aryl methyl sites for hydroxylation is 1. The summed E-state index contributed by atoms with van der Waals surface area (Å²) in [5.74, 6) is -1.03. The van der Waals surface area contributed by atoms with E-state index in [4.69, 9.17) is 11.6 Å². The molecule has 1 atom stereocenters. The first-order chi connectivity index (χ1) is 10.0. The Balaban J connectivity index is 2.30. The van der Waals surface area contributed by atoms with Crippen LogP contribution >= 0.6 is 11.6 Å². The highest BCUT2D eigenvalue weighted by Gasteiger charge is 2.17. The Labute approximate surface area is 128 Å². The molecule has 0 aliphatic heterocycles. The summed E-state index contributed by atoms with van der Waals surface area (Å²) in [6.07, 6.45) is 0.618. The summed E-state index contributed by atoms with van der Waals surface area (Å²) in [5, 5.41) is 3.92. The van der Waals surface area contributed by atoms with Crippen molar-refractivity contribution in [3.05, 3.63) is 69.7 Å². The van der Waals surface area contributed by atoms with E-state index >= 15 is 0 Å². The fourth-order valence-corrected chi connectivity index (χ4v) is 2.47. The maximum Gasteiger partial charge on any atom is 0.130 e. The van der Waals surface area contributed by atoms with Crippen LogP contribution in [0.2, 0.25) is 5.02 Å². The predicted octanol–water partition coefficient (Wildman–Crippen LogP) is 4.82. The second kappa shape index (κ2) is 7.01. The average Bonchev–Trinajstić information content (AvgIpc) is 2.45. The quantitative estimate of drug-likeness (QED) is 0.835. The van der Waals surface area contributed by atoms with E-state index < -0.39 is 11.6 Å². The number of rotatable bonds is 5. The molecule has 0 spiro atoms. The smallest absolute Gasteiger partial charge is 0.130 e. The molecular weight excluding hydrogens is 292 g/mol. The van der Waals surface area contributed by atoms with Crippen LogP contribution in [0.1, 0.15) is 29.7 Å². The molecular formula is C17H18ClF2N. The zero-order valence-corrected chi connectivity index (χ0v) is 12.8. The van der Waals surface area contributed by atoms with Crippen LogP contribution < -0.4 is 5.32 Å². The van der Waals surface area contributed by atoms with E-state index in [9.17, 15) is 8.78 Å². The highest BCUT2D eigenvalue weighted by molar-refractivity contribution is 6.30. The lowest BCUT2D eigenvalue weighted by molar-refractivity contribution is 0.500. The summed E-state index contributed by atoms with van der Waals surface area (Å²) < 4.78 is 27.5. The molecule has 4 heteroatoms. The van der Waals surface area contributed by atoms with E-state index in [0.717, 1.165) is 11.6 Å². The number of halogens is 3. The van der Waals surface area contributed by atoms with Crippen molar-refractivity contribution >= 4 is 11.6 Å². The van der Waals surface area contributed by atoms with Crippen molar-refractivity contribution in [1.82, 2.24) is 5.32 Å². The Morgan fingerprint density at radius 1 is 1.10 bits per heavy atom. The minimum absolute atomic E-state index is 0.199. The van der Waals surface area contributed by atoms with Crippen molar-refractivity contribution in [2.75, 3.05) is 6.54 Å². The van der Waals surface area contributed by atoms with Crippen LogP contribution in [0.25, 0.3) is 0 Å². The van der Waals surface area contributed by atoms with Crippen LogP contribution in [-0.4, -0.2) is 6.54 Å². The lowest BCUT2D eigenvalue weighted by Crippen LogP contribution is -2.24. The van der Waals surface area contributed by atoms with Crippen LogP contribution in [0.4, 0.5) is 8.78 Å². The summed E-state index contributed by atoms with van der Waals surface area (Å²) in [4.78, 5) is 0. The van der Waals surface area contributed by atoms with Crippen LogP contribution in [0, 0.1) is 18.6 Å². The molecule has 0 aliphatic rings. The molecule has 2 aromatic rings. The van der Waals surface area contributed by atoms with Crippen molar-refractivity contribution in [2.45, 2.75) is 26.3 Å². The van der Waals surface area contributed by atoms with Gasteiger partial charge in [-0.1, -0.05) is 30.7 Å². The Kier molecular flexibility index (Phi) is 5.32. The monoisotopic (exact) mass is 309 g/mol. The van der Waals surface area contributed by atoms with Gasteiger partial charge in [-0.3, -0.25) is 0 Å². The summed E-state index contributed by atoms with van der Waals surface area (Å²) in [6.45, 7) is 4.31. The molecule has 0 heterocycles. The zero-order chi connectivity index (χ0) is 15.4. The second-order valence-corrected chi connectivity index (χ2v) is 5.50. The maximum atomic E-state index is 14.1.